The fourth-order valence-corrected chi connectivity index (χ4v) is 2.79. The first kappa shape index (κ1) is 12.9. The van der Waals surface area contributed by atoms with Gasteiger partial charge in [0, 0.05) is 19.6 Å². The summed E-state index contributed by atoms with van der Waals surface area (Å²) in [5.41, 5.74) is 5.35. The van der Waals surface area contributed by atoms with Gasteiger partial charge in [-0.05, 0) is 12.8 Å². The Morgan fingerprint density at radius 3 is 2.15 bits per heavy atom. The first-order valence-electron chi connectivity index (χ1n) is 4.76. The fourth-order valence-electron chi connectivity index (χ4n) is 1.17. The highest BCUT2D eigenvalue weighted by Gasteiger charge is 2.18. The molecule has 0 aliphatic heterocycles. The molecule has 0 heterocycles. The van der Waals surface area contributed by atoms with E-state index in [4.69, 9.17) is 5.73 Å². The van der Waals surface area contributed by atoms with Gasteiger partial charge in [-0.3, -0.25) is 0 Å². The molecule has 0 aromatic rings. The smallest absolute Gasteiger partial charge is 0.214 e. The molecule has 13 heavy (non-hydrogen) atoms. The van der Waals surface area contributed by atoms with E-state index in [1.54, 1.807) is 0 Å². The second-order valence-corrected chi connectivity index (χ2v) is 5.09. The number of hydrogen-bond acceptors (Lipinski definition) is 3. The molecule has 0 aliphatic rings. The van der Waals surface area contributed by atoms with Gasteiger partial charge in [0.25, 0.3) is 0 Å². The van der Waals surface area contributed by atoms with Gasteiger partial charge >= 0.3 is 0 Å². The molecule has 0 unspecified atom stereocenters. The van der Waals surface area contributed by atoms with Crippen LogP contribution in [0.15, 0.2) is 0 Å². The molecule has 0 spiro atoms. The van der Waals surface area contributed by atoms with Gasteiger partial charge in [0.15, 0.2) is 0 Å². The molecule has 0 fully saturated rings. The van der Waals surface area contributed by atoms with E-state index in [0.29, 0.717) is 26.1 Å². The minimum atomic E-state index is -3.04. The first-order valence-corrected chi connectivity index (χ1v) is 6.37. The van der Waals surface area contributed by atoms with Crippen LogP contribution in [0.3, 0.4) is 0 Å². The average molecular weight is 208 g/mol. The minimum Gasteiger partial charge on any atom is -0.329 e. The van der Waals surface area contributed by atoms with E-state index in [9.17, 15) is 8.42 Å². The maximum atomic E-state index is 11.6. The van der Waals surface area contributed by atoms with Crippen LogP contribution in [-0.4, -0.2) is 38.1 Å². The summed E-state index contributed by atoms with van der Waals surface area (Å²) in [7, 11) is -3.04. The van der Waals surface area contributed by atoms with Gasteiger partial charge in [-0.15, -0.1) is 0 Å². The van der Waals surface area contributed by atoms with Crippen LogP contribution in [0.25, 0.3) is 0 Å². The van der Waals surface area contributed by atoms with Crippen molar-refractivity contribution in [2.24, 2.45) is 5.73 Å². The summed E-state index contributed by atoms with van der Waals surface area (Å²) in [5, 5.41) is 0. The molecule has 0 saturated heterocycles. The standard InChI is InChI=1S/C8H20N2O2S/c1-3-6-10(7-5-9)13(11,12)8-4-2/h3-9H2,1-2H3. The molecule has 0 saturated carbocycles. The molecule has 0 radical (unpaired) electrons. The highest BCUT2D eigenvalue weighted by Crippen LogP contribution is 2.03. The lowest BCUT2D eigenvalue weighted by Crippen LogP contribution is -2.37. The molecule has 0 amide bonds. The third-order valence-corrected chi connectivity index (χ3v) is 3.78. The summed E-state index contributed by atoms with van der Waals surface area (Å²) in [4.78, 5) is 0. The van der Waals surface area contributed by atoms with Crippen LogP contribution >= 0.6 is 0 Å². The van der Waals surface area contributed by atoms with E-state index in [2.05, 4.69) is 0 Å². The molecule has 5 heteroatoms. The van der Waals surface area contributed by atoms with E-state index in [1.807, 2.05) is 13.8 Å². The third-order valence-electron chi connectivity index (χ3n) is 1.71. The Bertz CT molecular complexity index is 208. The zero-order valence-corrected chi connectivity index (χ0v) is 9.31. The first-order chi connectivity index (χ1) is 6.08. The lowest BCUT2D eigenvalue weighted by atomic mass is 10.5. The Kier molecular flexibility index (Phi) is 6.28. The molecule has 2 N–H and O–H groups in total. The van der Waals surface area contributed by atoms with E-state index >= 15 is 0 Å². The molecular formula is C8H20N2O2S. The van der Waals surface area contributed by atoms with Crippen LogP contribution in [-0.2, 0) is 10.0 Å². The number of hydrogen-bond donors (Lipinski definition) is 1. The van der Waals surface area contributed by atoms with Crippen molar-refractivity contribution in [3.05, 3.63) is 0 Å². The number of nitrogens with zero attached hydrogens (tertiary/aromatic N) is 1. The highest BCUT2D eigenvalue weighted by atomic mass is 32.2. The molecule has 0 aromatic carbocycles. The van der Waals surface area contributed by atoms with E-state index in [1.165, 1.54) is 4.31 Å². The molecule has 0 atom stereocenters. The second kappa shape index (κ2) is 6.34. The minimum absolute atomic E-state index is 0.229. The van der Waals surface area contributed by atoms with Crippen LogP contribution in [0.1, 0.15) is 26.7 Å². The van der Waals surface area contributed by atoms with Crippen molar-refractivity contribution in [3.63, 3.8) is 0 Å². The Hall–Kier alpha value is -0.130. The lowest BCUT2D eigenvalue weighted by molar-refractivity contribution is 0.417. The average Bonchev–Trinajstić information content (AvgIpc) is 2.04. The van der Waals surface area contributed by atoms with Crippen LogP contribution in [0.4, 0.5) is 0 Å². The van der Waals surface area contributed by atoms with Crippen LogP contribution < -0.4 is 5.73 Å². The molecule has 0 aromatic heterocycles. The fraction of sp³-hybridized carbons (Fsp3) is 1.00. The summed E-state index contributed by atoms with van der Waals surface area (Å²) < 4.78 is 24.6. The van der Waals surface area contributed by atoms with Crippen molar-refractivity contribution in [2.45, 2.75) is 26.7 Å². The van der Waals surface area contributed by atoms with Crippen molar-refractivity contribution >= 4 is 10.0 Å². The summed E-state index contributed by atoms with van der Waals surface area (Å²) in [6, 6.07) is 0. The molecule has 0 bridgehead atoms. The van der Waals surface area contributed by atoms with E-state index in [0.717, 1.165) is 6.42 Å². The Morgan fingerprint density at radius 2 is 1.77 bits per heavy atom. The molecular weight excluding hydrogens is 188 g/mol. The van der Waals surface area contributed by atoms with Gasteiger partial charge in [0.05, 0.1) is 5.75 Å². The summed E-state index contributed by atoms with van der Waals surface area (Å²) in [5.74, 6) is 0.229. The number of rotatable bonds is 7. The summed E-state index contributed by atoms with van der Waals surface area (Å²) in [6.07, 6.45) is 1.50. The molecule has 4 nitrogen and oxygen atoms in total. The van der Waals surface area contributed by atoms with Gasteiger partial charge in [0.2, 0.25) is 10.0 Å². The van der Waals surface area contributed by atoms with Gasteiger partial charge in [-0.2, -0.15) is 0 Å². The second-order valence-electron chi connectivity index (χ2n) is 3.00. The molecule has 0 aliphatic carbocycles. The monoisotopic (exact) mass is 208 g/mol. The quantitative estimate of drug-likeness (QED) is 0.658. The predicted molar refractivity (Wildman–Crippen MR) is 55.0 cm³/mol. The SMILES string of the molecule is CCCN(CCN)S(=O)(=O)CCC. The Morgan fingerprint density at radius 1 is 1.15 bits per heavy atom. The van der Waals surface area contributed by atoms with Crippen molar-refractivity contribution < 1.29 is 8.42 Å². The van der Waals surface area contributed by atoms with Crippen molar-refractivity contribution in [1.82, 2.24) is 4.31 Å². The lowest BCUT2D eigenvalue weighted by Gasteiger charge is -2.20. The topological polar surface area (TPSA) is 63.4 Å². The van der Waals surface area contributed by atoms with E-state index in [-0.39, 0.29) is 5.75 Å². The zero-order valence-electron chi connectivity index (χ0n) is 8.49. The maximum Gasteiger partial charge on any atom is 0.214 e. The highest BCUT2D eigenvalue weighted by molar-refractivity contribution is 7.89. The Labute approximate surface area is 81.2 Å². The zero-order chi connectivity index (χ0) is 10.3. The van der Waals surface area contributed by atoms with Gasteiger partial charge < -0.3 is 5.73 Å². The van der Waals surface area contributed by atoms with Crippen LogP contribution in [0, 0.1) is 0 Å². The third kappa shape index (κ3) is 4.59. The Balaban J connectivity index is 4.33. The van der Waals surface area contributed by atoms with Gasteiger partial charge in [0.1, 0.15) is 0 Å². The predicted octanol–water partition coefficient (Wildman–Crippen LogP) is 0.397. The van der Waals surface area contributed by atoms with E-state index < -0.39 is 10.0 Å². The molecule has 80 valence electrons. The van der Waals surface area contributed by atoms with Crippen molar-refractivity contribution in [2.75, 3.05) is 25.4 Å². The summed E-state index contributed by atoms with van der Waals surface area (Å²) >= 11 is 0. The maximum absolute atomic E-state index is 11.6. The van der Waals surface area contributed by atoms with Crippen LogP contribution in [0.5, 0.6) is 0 Å². The number of nitrogens with two attached hydrogens (primary N) is 1. The summed E-state index contributed by atoms with van der Waals surface area (Å²) in [6.45, 7) is 5.24. The number of sulfonamides is 1. The van der Waals surface area contributed by atoms with Crippen molar-refractivity contribution in [3.8, 4) is 0 Å². The molecule has 0 rings (SSSR count). The van der Waals surface area contributed by atoms with Gasteiger partial charge in [-0.25, -0.2) is 12.7 Å². The normalized spacial score (nSPS) is 12.3. The van der Waals surface area contributed by atoms with Crippen molar-refractivity contribution in [1.29, 1.82) is 0 Å². The van der Waals surface area contributed by atoms with Gasteiger partial charge in [-0.1, -0.05) is 13.8 Å². The van der Waals surface area contributed by atoms with Crippen LogP contribution in [0.2, 0.25) is 0 Å². The largest absolute Gasteiger partial charge is 0.329 e.